The summed E-state index contributed by atoms with van der Waals surface area (Å²) < 4.78 is 18.0. The number of ether oxygens (including phenoxy) is 3. The zero-order valence-electron chi connectivity index (χ0n) is 16.1. The lowest BCUT2D eigenvalue weighted by molar-refractivity contribution is -0.240. The van der Waals surface area contributed by atoms with Gasteiger partial charge in [-0.25, -0.2) is 0 Å². The lowest BCUT2D eigenvalue weighted by Crippen LogP contribution is -2.59. The molecule has 2 saturated carbocycles. The molecule has 3 aliphatic carbocycles. The lowest BCUT2D eigenvalue weighted by atomic mass is 9.48. The number of benzene rings is 1. The second-order valence-electron chi connectivity index (χ2n) is 9.04. The molecule has 1 saturated heterocycles. The van der Waals surface area contributed by atoms with E-state index >= 15 is 0 Å². The van der Waals surface area contributed by atoms with Crippen molar-refractivity contribution < 1.29 is 14.2 Å². The van der Waals surface area contributed by atoms with Gasteiger partial charge in [0.2, 0.25) is 0 Å². The Kier molecular flexibility index (Phi) is 3.73. The van der Waals surface area contributed by atoms with Gasteiger partial charge in [0, 0.05) is 23.8 Å². The minimum atomic E-state index is -0.335. The zero-order valence-corrected chi connectivity index (χ0v) is 16.1. The fraction of sp³-hybridized carbons (Fsp3) is 0.727. The molecule has 4 aliphatic rings. The van der Waals surface area contributed by atoms with Crippen LogP contribution in [0.25, 0.3) is 0 Å². The normalized spacial score (nSPS) is 40.1. The molecule has 0 amide bonds. The van der Waals surface area contributed by atoms with Crippen LogP contribution in [0.1, 0.15) is 50.2 Å². The van der Waals surface area contributed by atoms with Crippen LogP contribution >= 0.6 is 0 Å². The van der Waals surface area contributed by atoms with Gasteiger partial charge in [-0.3, -0.25) is 0 Å². The number of fused-ring (bicyclic) bond motifs is 6. The van der Waals surface area contributed by atoms with E-state index in [-0.39, 0.29) is 16.6 Å². The highest BCUT2D eigenvalue weighted by molar-refractivity contribution is 5.44. The molecular weight excluding hydrogens is 326 g/mol. The Bertz CT molecular complexity index is 713. The first kappa shape index (κ1) is 17.0. The van der Waals surface area contributed by atoms with E-state index in [0.717, 1.165) is 51.2 Å². The van der Waals surface area contributed by atoms with Crippen molar-refractivity contribution in [2.45, 2.75) is 56.7 Å². The topological polar surface area (TPSA) is 53.7 Å². The second kappa shape index (κ2) is 5.70. The Balaban J connectivity index is 1.57. The van der Waals surface area contributed by atoms with Gasteiger partial charge in [0.15, 0.2) is 5.79 Å². The van der Waals surface area contributed by atoms with Crippen LogP contribution in [0, 0.1) is 17.3 Å². The summed E-state index contributed by atoms with van der Waals surface area (Å²) in [5, 5.41) is 0. The number of aryl methyl sites for hydroxylation is 1. The summed E-state index contributed by atoms with van der Waals surface area (Å²) in [6.07, 6.45) is 6.86. The third-order valence-corrected chi connectivity index (χ3v) is 8.45. The van der Waals surface area contributed by atoms with Crippen LogP contribution in [0.2, 0.25) is 0 Å². The predicted molar refractivity (Wildman–Crippen MR) is 100 cm³/mol. The van der Waals surface area contributed by atoms with Crippen LogP contribution in [0.3, 0.4) is 0 Å². The highest BCUT2D eigenvalue weighted by Gasteiger charge is 2.67. The molecular formula is C22H31NO3. The summed E-state index contributed by atoms with van der Waals surface area (Å²) in [5.41, 5.74) is 9.66. The average molecular weight is 357 g/mol. The molecule has 26 heavy (non-hydrogen) atoms. The molecule has 0 aromatic heterocycles. The third kappa shape index (κ3) is 1.96. The molecule has 4 heteroatoms. The Morgan fingerprint density at radius 3 is 2.65 bits per heavy atom. The maximum Gasteiger partial charge on any atom is 0.174 e. The van der Waals surface area contributed by atoms with Crippen LogP contribution in [0.15, 0.2) is 18.2 Å². The van der Waals surface area contributed by atoms with Gasteiger partial charge in [-0.1, -0.05) is 13.0 Å². The van der Waals surface area contributed by atoms with E-state index < -0.39 is 0 Å². The van der Waals surface area contributed by atoms with Gasteiger partial charge in [-0.15, -0.1) is 0 Å². The number of hydrogen-bond acceptors (Lipinski definition) is 4. The van der Waals surface area contributed by atoms with Crippen LogP contribution in [0.4, 0.5) is 0 Å². The summed E-state index contributed by atoms with van der Waals surface area (Å²) in [6, 6.07) is 6.64. The summed E-state index contributed by atoms with van der Waals surface area (Å²) in [5.74, 6) is 1.88. The summed E-state index contributed by atoms with van der Waals surface area (Å²) >= 11 is 0. The number of rotatable bonds is 2. The highest BCUT2D eigenvalue weighted by Crippen LogP contribution is 2.67. The highest BCUT2D eigenvalue weighted by atomic mass is 16.7. The van der Waals surface area contributed by atoms with Gasteiger partial charge in [0.05, 0.1) is 20.3 Å². The molecule has 1 spiro atoms. The zero-order chi connectivity index (χ0) is 18.0. The van der Waals surface area contributed by atoms with E-state index in [1.165, 1.54) is 24.0 Å². The first-order chi connectivity index (χ1) is 12.6. The fourth-order valence-electron chi connectivity index (χ4n) is 7.11. The van der Waals surface area contributed by atoms with E-state index in [0.29, 0.717) is 11.8 Å². The lowest BCUT2D eigenvalue weighted by Gasteiger charge is -2.58. The van der Waals surface area contributed by atoms with Crippen molar-refractivity contribution >= 4 is 0 Å². The van der Waals surface area contributed by atoms with E-state index in [4.69, 9.17) is 19.9 Å². The first-order valence-electron chi connectivity index (χ1n) is 10.2. The quantitative estimate of drug-likeness (QED) is 0.881. The Hall–Kier alpha value is -1.10. The molecule has 3 fully saturated rings. The molecule has 0 bridgehead atoms. The van der Waals surface area contributed by atoms with Crippen LogP contribution < -0.4 is 10.5 Å². The monoisotopic (exact) mass is 357 g/mol. The smallest absolute Gasteiger partial charge is 0.174 e. The van der Waals surface area contributed by atoms with Crippen molar-refractivity contribution in [2.75, 3.05) is 26.9 Å². The van der Waals surface area contributed by atoms with E-state index in [2.05, 4.69) is 25.1 Å². The minimum Gasteiger partial charge on any atom is -0.497 e. The maximum atomic E-state index is 6.51. The van der Waals surface area contributed by atoms with Crippen LogP contribution in [-0.2, 0) is 21.3 Å². The van der Waals surface area contributed by atoms with Crippen molar-refractivity contribution in [3.8, 4) is 5.75 Å². The molecule has 1 aromatic rings. The Labute approximate surface area is 156 Å². The largest absolute Gasteiger partial charge is 0.497 e. The molecule has 1 heterocycles. The number of nitrogens with two attached hydrogens (primary N) is 1. The van der Waals surface area contributed by atoms with Gasteiger partial charge in [-0.05, 0) is 67.2 Å². The Morgan fingerprint density at radius 1 is 1.12 bits per heavy atom. The number of hydrogen-bond donors (Lipinski definition) is 1. The molecule has 2 N–H and O–H groups in total. The molecule has 1 aliphatic heterocycles. The van der Waals surface area contributed by atoms with Gasteiger partial charge >= 0.3 is 0 Å². The molecule has 4 nitrogen and oxygen atoms in total. The van der Waals surface area contributed by atoms with Gasteiger partial charge in [0.25, 0.3) is 0 Å². The van der Waals surface area contributed by atoms with Crippen LogP contribution in [-0.4, -0.2) is 32.7 Å². The fourth-order valence-corrected chi connectivity index (χ4v) is 7.11. The summed E-state index contributed by atoms with van der Waals surface area (Å²) in [6.45, 7) is 4.66. The van der Waals surface area contributed by atoms with Gasteiger partial charge in [-0.2, -0.15) is 0 Å². The average Bonchev–Trinajstić information content (AvgIpc) is 3.27. The Morgan fingerprint density at radius 2 is 1.92 bits per heavy atom. The second-order valence-corrected chi connectivity index (χ2v) is 9.04. The standard InChI is InChI=1S/C22H31NO3/c1-20-9-10-21(14-23)17-6-4-16(24-2)13-15(17)3-5-19(21)18(20)7-8-22(20)25-11-12-26-22/h4,6,13,18-19H,3,5,7-12,14,23H2,1-2H3/t18-,19-,20-,21-/m0/s1. The van der Waals surface area contributed by atoms with Crippen molar-refractivity contribution in [1.29, 1.82) is 0 Å². The summed E-state index contributed by atoms with van der Waals surface area (Å²) in [7, 11) is 1.75. The van der Waals surface area contributed by atoms with Crippen LogP contribution in [0.5, 0.6) is 5.75 Å². The van der Waals surface area contributed by atoms with E-state index in [1.54, 1.807) is 7.11 Å². The molecule has 4 atom stereocenters. The van der Waals surface area contributed by atoms with E-state index in [9.17, 15) is 0 Å². The van der Waals surface area contributed by atoms with Crippen molar-refractivity contribution in [1.82, 2.24) is 0 Å². The van der Waals surface area contributed by atoms with E-state index in [1.807, 2.05) is 0 Å². The molecule has 5 rings (SSSR count). The molecule has 0 unspecified atom stereocenters. The first-order valence-corrected chi connectivity index (χ1v) is 10.2. The third-order valence-electron chi connectivity index (χ3n) is 8.45. The van der Waals surface area contributed by atoms with Crippen molar-refractivity contribution in [3.05, 3.63) is 29.3 Å². The van der Waals surface area contributed by atoms with Crippen molar-refractivity contribution in [3.63, 3.8) is 0 Å². The number of methoxy groups -OCH3 is 1. The predicted octanol–water partition coefficient (Wildman–Crippen LogP) is 3.41. The van der Waals surface area contributed by atoms with Gasteiger partial charge < -0.3 is 19.9 Å². The molecule has 1 aromatic carbocycles. The maximum absolute atomic E-state index is 6.51. The minimum absolute atomic E-state index is 0.105. The van der Waals surface area contributed by atoms with Gasteiger partial charge in [0.1, 0.15) is 5.75 Å². The summed E-state index contributed by atoms with van der Waals surface area (Å²) in [4.78, 5) is 0. The molecule has 0 radical (unpaired) electrons. The molecule has 142 valence electrons. The van der Waals surface area contributed by atoms with Crippen molar-refractivity contribution in [2.24, 2.45) is 23.0 Å². The SMILES string of the molecule is COc1ccc2c(c1)CC[C@H]1[C@@H]3CCC4(OCCO4)[C@@]3(C)CC[C@]21CN.